The fourth-order valence-electron chi connectivity index (χ4n) is 4.97. The zero-order chi connectivity index (χ0) is 34.4. The number of benzene rings is 1. The zero-order valence-electron chi connectivity index (χ0n) is 24.9. The molecule has 1 aliphatic carbocycles. The van der Waals surface area contributed by atoms with Crippen molar-refractivity contribution in [1.29, 1.82) is 0 Å². The molecule has 20 heteroatoms. The number of nitrogens with zero attached hydrogens (tertiary/aromatic N) is 8. The molecule has 4 heterocycles. The Kier molecular flexibility index (Phi) is 9.07. The minimum Gasteiger partial charge on any atom is -0.382 e. The third-order valence-electron chi connectivity index (χ3n) is 7.74. The SMILES string of the molecule is O=C(NC1CC1)c1ccncc1-n1nc(Cn2nc(-c3ccc(Cl)cc3)n(C[C@H](O)C(F)(F)F)c2=O)nc1C(=O)N1CCS(O)(O)CC1. The number of aromatic nitrogens is 7. The van der Waals surface area contributed by atoms with Crippen molar-refractivity contribution in [1.82, 2.24) is 44.3 Å². The van der Waals surface area contributed by atoms with Crippen LogP contribution in [0.15, 0.2) is 47.5 Å². The molecule has 0 bridgehead atoms. The maximum absolute atomic E-state index is 13.8. The number of halogens is 4. The van der Waals surface area contributed by atoms with Crippen LogP contribution in [0.3, 0.4) is 0 Å². The first-order chi connectivity index (χ1) is 22.7. The topological polar surface area (TPSA) is 194 Å². The molecule has 2 aliphatic rings. The van der Waals surface area contributed by atoms with Gasteiger partial charge in [-0.3, -0.25) is 28.2 Å². The van der Waals surface area contributed by atoms with E-state index in [1.807, 2.05) is 0 Å². The normalized spacial score (nSPS) is 17.6. The van der Waals surface area contributed by atoms with E-state index in [9.17, 15) is 41.8 Å². The van der Waals surface area contributed by atoms with Crippen LogP contribution in [0.2, 0.25) is 5.02 Å². The van der Waals surface area contributed by atoms with Gasteiger partial charge in [-0.2, -0.15) is 23.8 Å². The lowest BCUT2D eigenvalue weighted by Gasteiger charge is -2.40. The number of carbonyl (C=O) groups is 2. The number of rotatable bonds is 9. The average molecular weight is 712 g/mol. The van der Waals surface area contributed by atoms with Crippen molar-refractivity contribution < 1.29 is 37.0 Å². The summed E-state index contributed by atoms with van der Waals surface area (Å²) in [6.45, 7) is -1.68. The van der Waals surface area contributed by atoms with Crippen LogP contribution >= 0.6 is 22.2 Å². The highest BCUT2D eigenvalue weighted by Gasteiger charge is 2.39. The molecule has 4 N–H and O–H groups in total. The van der Waals surface area contributed by atoms with Gasteiger partial charge >= 0.3 is 11.9 Å². The molecule has 1 aliphatic heterocycles. The van der Waals surface area contributed by atoms with Gasteiger partial charge in [0.15, 0.2) is 17.8 Å². The second kappa shape index (κ2) is 13.0. The number of hydrogen-bond donors (Lipinski definition) is 4. The van der Waals surface area contributed by atoms with Crippen LogP contribution in [0.1, 0.15) is 39.6 Å². The second-order valence-electron chi connectivity index (χ2n) is 11.3. The van der Waals surface area contributed by atoms with Gasteiger partial charge in [0.05, 0.1) is 35.5 Å². The monoisotopic (exact) mass is 711 g/mol. The van der Waals surface area contributed by atoms with E-state index in [-0.39, 0.29) is 64.9 Å². The maximum atomic E-state index is 13.8. The molecule has 256 valence electrons. The van der Waals surface area contributed by atoms with Crippen molar-refractivity contribution in [2.45, 2.75) is 44.3 Å². The van der Waals surface area contributed by atoms with Gasteiger partial charge in [0.25, 0.3) is 11.8 Å². The highest BCUT2D eigenvalue weighted by atomic mass is 35.5. The number of nitrogens with one attached hydrogen (secondary N) is 1. The Morgan fingerprint density at radius 3 is 2.42 bits per heavy atom. The van der Waals surface area contributed by atoms with Crippen LogP contribution in [0.25, 0.3) is 17.1 Å². The Bertz CT molecular complexity index is 1900. The second-order valence-corrected chi connectivity index (χ2v) is 14.2. The molecular weight excluding hydrogens is 683 g/mol. The van der Waals surface area contributed by atoms with Gasteiger partial charge in [-0.25, -0.2) is 19.1 Å². The van der Waals surface area contributed by atoms with Crippen molar-refractivity contribution in [2.75, 3.05) is 24.6 Å². The molecule has 1 atom stereocenters. The Balaban J connectivity index is 1.41. The quantitative estimate of drug-likeness (QED) is 0.200. The first-order valence-electron chi connectivity index (χ1n) is 14.6. The van der Waals surface area contributed by atoms with Crippen molar-refractivity contribution >= 4 is 34.0 Å². The predicted octanol–water partition coefficient (Wildman–Crippen LogP) is 2.41. The molecule has 1 saturated carbocycles. The van der Waals surface area contributed by atoms with E-state index in [2.05, 4.69) is 25.5 Å². The predicted molar refractivity (Wildman–Crippen MR) is 166 cm³/mol. The van der Waals surface area contributed by atoms with Crippen molar-refractivity contribution in [3.8, 4) is 17.1 Å². The van der Waals surface area contributed by atoms with Crippen LogP contribution in [0, 0.1) is 0 Å². The van der Waals surface area contributed by atoms with Crippen LogP contribution in [0.5, 0.6) is 0 Å². The number of pyridine rings is 1. The number of aliphatic hydroxyl groups is 1. The summed E-state index contributed by atoms with van der Waals surface area (Å²) < 4.78 is 62.6. The molecular formula is C28H29ClF3N9O6S. The molecule has 0 radical (unpaired) electrons. The van der Waals surface area contributed by atoms with E-state index in [0.29, 0.717) is 9.59 Å². The summed E-state index contributed by atoms with van der Waals surface area (Å²) in [7, 11) is -2.85. The molecule has 48 heavy (non-hydrogen) atoms. The van der Waals surface area contributed by atoms with Gasteiger partial charge in [0, 0.05) is 35.9 Å². The fraction of sp³-hybridized carbons (Fsp3) is 0.393. The molecule has 15 nitrogen and oxygen atoms in total. The van der Waals surface area contributed by atoms with Gasteiger partial charge in [-0.1, -0.05) is 11.6 Å². The first kappa shape index (κ1) is 33.6. The van der Waals surface area contributed by atoms with E-state index < -0.39 is 53.5 Å². The third kappa shape index (κ3) is 7.24. The van der Waals surface area contributed by atoms with Crippen LogP contribution in [0.4, 0.5) is 13.2 Å². The highest BCUT2D eigenvalue weighted by molar-refractivity contribution is 8.24. The Morgan fingerprint density at radius 1 is 1.08 bits per heavy atom. The number of carbonyl (C=O) groups excluding carboxylic acids is 2. The van der Waals surface area contributed by atoms with Crippen LogP contribution in [-0.4, -0.2) is 108 Å². The molecule has 1 aromatic carbocycles. The minimum absolute atomic E-state index is 0.00126. The first-order valence-corrected chi connectivity index (χ1v) is 16.9. The molecule has 4 aromatic rings. The molecule has 0 spiro atoms. The smallest absolute Gasteiger partial charge is 0.382 e. The lowest BCUT2D eigenvalue weighted by molar-refractivity contribution is -0.207. The van der Waals surface area contributed by atoms with Gasteiger partial charge < -0.3 is 15.3 Å². The molecule has 1 saturated heterocycles. The summed E-state index contributed by atoms with van der Waals surface area (Å²) in [5, 5.41) is 21.6. The summed E-state index contributed by atoms with van der Waals surface area (Å²) in [5.41, 5.74) is -0.578. The highest BCUT2D eigenvalue weighted by Crippen LogP contribution is 2.40. The molecule has 2 fully saturated rings. The van der Waals surface area contributed by atoms with Crippen molar-refractivity contribution in [2.24, 2.45) is 0 Å². The van der Waals surface area contributed by atoms with Crippen LogP contribution < -0.4 is 11.0 Å². The average Bonchev–Trinajstić information content (AvgIpc) is 3.68. The maximum Gasteiger partial charge on any atom is 0.416 e. The van der Waals surface area contributed by atoms with Crippen molar-refractivity contribution in [3.63, 3.8) is 0 Å². The molecule has 3 aromatic heterocycles. The third-order valence-corrected chi connectivity index (χ3v) is 9.67. The standard InChI is InChI=1S/C28H29ClF3N9O6S/c29-17-3-1-16(2-4-17)23-37-40(27(45)39(23)14-21(42)28(30,31)32)15-22-35-24(26(44)38-9-11-48(46,47)12-10-38)41(36-22)20-13-33-8-7-19(20)25(43)34-18-5-6-18/h1-4,7-8,13,18,21,42,46-47H,5-6,9-12,14-15H2,(H,34,43)/t21-/m0/s1. The number of alkyl halides is 3. The van der Waals surface area contributed by atoms with Crippen LogP contribution in [-0.2, 0) is 13.1 Å². The summed E-state index contributed by atoms with van der Waals surface area (Å²) in [6.07, 6.45) is -3.58. The lowest BCUT2D eigenvalue weighted by atomic mass is 10.2. The van der Waals surface area contributed by atoms with E-state index in [1.54, 1.807) is 0 Å². The van der Waals surface area contributed by atoms with E-state index in [4.69, 9.17) is 11.6 Å². The molecule has 2 amide bonds. The molecule has 6 rings (SSSR count). The van der Waals surface area contributed by atoms with E-state index >= 15 is 0 Å². The summed E-state index contributed by atoms with van der Waals surface area (Å²) in [4.78, 5) is 50.2. The van der Waals surface area contributed by atoms with Gasteiger partial charge in [-0.05, 0) is 43.2 Å². The molecule has 0 unspecified atom stereocenters. The summed E-state index contributed by atoms with van der Waals surface area (Å²) in [5.74, 6) is -1.85. The number of aliphatic hydroxyl groups excluding tert-OH is 1. The van der Waals surface area contributed by atoms with E-state index in [1.165, 1.54) is 47.6 Å². The largest absolute Gasteiger partial charge is 0.416 e. The summed E-state index contributed by atoms with van der Waals surface area (Å²) >= 11 is 5.96. The van der Waals surface area contributed by atoms with Gasteiger partial charge in [-0.15, -0.1) is 10.2 Å². The Hall–Kier alpha value is -4.30. The minimum atomic E-state index is -5.02. The number of amides is 2. The van der Waals surface area contributed by atoms with Gasteiger partial charge in [0.1, 0.15) is 6.54 Å². The van der Waals surface area contributed by atoms with E-state index in [0.717, 1.165) is 22.2 Å². The zero-order valence-corrected chi connectivity index (χ0v) is 26.5. The van der Waals surface area contributed by atoms with Crippen molar-refractivity contribution in [3.05, 3.63) is 75.4 Å². The van der Waals surface area contributed by atoms with Gasteiger partial charge in [0.2, 0.25) is 5.82 Å². The number of hydrogen-bond acceptors (Lipinski definition) is 10. The Labute approximate surface area is 276 Å². The fourth-order valence-corrected chi connectivity index (χ4v) is 6.32. The summed E-state index contributed by atoms with van der Waals surface area (Å²) in [6, 6.07) is 7.24. The Morgan fingerprint density at radius 2 is 1.77 bits per heavy atom. The lowest BCUT2D eigenvalue weighted by Crippen LogP contribution is -2.43.